The Morgan fingerprint density at radius 1 is 1.06 bits per heavy atom. The molecule has 0 aliphatic rings. The smallest absolute Gasteiger partial charge is 0.356 e. The number of aromatic carboxylic acids is 1. The van der Waals surface area contributed by atoms with Crippen LogP contribution in [-0.4, -0.2) is 20.9 Å². The summed E-state index contributed by atoms with van der Waals surface area (Å²) >= 11 is 0. The Balaban J connectivity index is 2.10. The maximum absolute atomic E-state index is 10.8. The Morgan fingerprint density at radius 2 is 1.83 bits per heavy atom. The van der Waals surface area contributed by atoms with Crippen molar-refractivity contribution in [1.82, 2.24) is 9.78 Å². The van der Waals surface area contributed by atoms with Crippen LogP contribution in [0.3, 0.4) is 0 Å². The van der Waals surface area contributed by atoms with E-state index in [1.165, 1.54) is 6.07 Å². The number of nitrogens with zero attached hydrogens (tertiary/aromatic N) is 2. The lowest BCUT2D eigenvalue weighted by Gasteiger charge is -2.03. The van der Waals surface area contributed by atoms with Gasteiger partial charge in [-0.3, -0.25) is 0 Å². The molecule has 3 aromatic rings. The summed E-state index contributed by atoms with van der Waals surface area (Å²) in [5.74, 6) is -1.02. The molecule has 0 saturated heterocycles. The highest BCUT2D eigenvalue weighted by Gasteiger charge is 2.07. The van der Waals surface area contributed by atoms with Crippen LogP contribution < -0.4 is 0 Å². The van der Waals surface area contributed by atoms with Crippen molar-refractivity contribution in [2.24, 2.45) is 0 Å². The van der Waals surface area contributed by atoms with Gasteiger partial charge in [-0.15, -0.1) is 0 Å². The largest absolute Gasteiger partial charge is 0.476 e. The van der Waals surface area contributed by atoms with E-state index in [0.717, 1.165) is 16.5 Å². The first-order chi connectivity index (χ1) is 8.74. The molecular weight excluding hydrogens is 228 g/mol. The SMILES string of the molecule is O=C(O)c1ccn(-c2ccc3ccccc3c2)n1. The summed E-state index contributed by atoms with van der Waals surface area (Å²) in [6.07, 6.45) is 1.65. The number of carbonyl (C=O) groups is 1. The van der Waals surface area contributed by atoms with Gasteiger partial charge >= 0.3 is 5.97 Å². The number of hydrogen-bond donors (Lipinski definition) is 1. The van der Waals surface area contributed by atoms with Gasteiger partial charge in [-0.05, 0) is 29.0 Å². The van der Waals surface area contributed by atoms with Crippen LogP contribution in [-0.2, 0) is 0 Å². The second-order valence-corrected chi connectivity index (χ2v) is 3.98. The van der Waals surface area contributed by atoms with E-state index in [1.807, 2.05) is 42.5 Å². The molecule has 0 saturated carbocycles. The van der Waals surface area contributed by atoms with Crippen LogP contribution in [0.5, 0.6) is 0 Å². The molecule has 0 bridgehead atoms. The molecule has 0 unspecified atom stereocenters. The molecule has 88 valence electrons. The monoisotopic (exact) mass is 238 g/mol. The van der Waals surface area contributed by atoms with Crippen LogP contribution in [0, 0.1) is 0 Å². The number of carboxylic acids is 1. The fourth-order valence-corrected chi connectivity index (χ4v) is 1.90. The van der Waals surface area contributed by atoms with Gasteiger partial charge in [0.15, 0.2) is 5.69 Å². The van der Waals surface area contributed by atoms with E-state index in [1.54, 1.807) is 10.9 Å². The predicted molar refractivity (Wildman–Crippen MR) is 68.0 cm³/mol. The summed E-state index contributed by atoms with van der Waals surface area (Å²) in [4.78, 5) is 10.8. The number of rotatable bonds is 2. The third kappa shape index (κ3) is 1.73. The second kappa shape index (κ2) is 4.00. The lowest BCUT2D eigenvalue weighted by Crippen LogP contribution is -2.00. The Hall–Kier alpha value is -2.62. The van der Waals surface area contributed by atoms with Gasteiger partial charge in [0.05, 0.1) is 5.69 Å². The second-order valence-electron chi connectivity index (χ2n) is 3.98. The van der Waals surface area contributed by atoms with Crippen molar-refractivity contribution >= 4 is 16.7 Å². The summed E-state index contributed by atoms with van der Waals surface area (Å²) < 4.78 is 1.57. The van der Waals surface area contributed by atoms with Crippen LogP contribution in [0.4, 0.5) is 0 Å². The van der Waals surface area contributed by atoms with E-state index in [-0.39, 0.29) is 5.69 Å². The number of hydrogen-bond acceptors (Lipinski definition) is 2. The van der Waals surface area contributed by atoms with Crippen LogP contribution in [0.1, 0.15) is 10.5 Å². The molecule has 4 nitrogen and oxygen atoms in total. The van der Waals surface area contributed by atoms with Crippen LogP contribution >= 0.6 is 0 Å². The van der Waals surface area contributed by atoms with Crippen molar-refractivity contribution in [2.45, 2.75) is 0 Å². The summed E-state index contributed by atoms with van der Waals surface area (Å²) in [5.41, 5.74) is 0.893. The van der Waals surface area contributed by atoms with Gasteiger partial charge < -0.3 is 5.11 Å². The zero-order chi connectivity index (χ0) is 12.5. The molecule has 0 atom stereocenters. The topological polar surface area (TPSA) is 55.1 Å². The molecule has 0 aliphatic carbocycles. The highest BCUT2D eigenvalue weighted by atomic mass is 16.4. The molecule has 0 fully saturated rings. The Bertz CT molecular complexity index is 731. The molecule has 0 aliphatic heterocycles. The highest BCUT2D eigenvalue weighted by Crippen LogP contribution is 2.18. The Labute approximate surface area is 103 Å². The van der Waals surface area contributed by atoms with Crippen LogP contribution in [0.15, 0.2) is 54.7 Å². The van der Waals surface area contributed by atoms with Gasteiger partial charge in [-0.2, -0.15) is 5.10 Å². The minimum Gasteiger partial charge on any atom is -0.476 e. The predicted octanol–water partition coefficient (Wildman–Crippen LogP) is 2.72. The van der Waals surface area contributed by atoms with Crippen LogP contribution in [0.25, 0.3) is 16.5 Å². The third-order valence-corrected chi connectivity index (χ3v) is 2.81. The van der Waals surface area contributed by atoms with Crippen LogP contribution in [0.2, 0.25) is 0 Å². The molecule has 1 aromatic heterocycles. The number of carboxylic acid groups (broad SMARTS) is 1. The summed E-state index contributed by atoms with van der Waals surface area (Å²) in [5, 5.41) is 15.1. The van der Waals surface area contributed by atoms with Gasteiger partial charge in [0.25, 0.3) is 0 Å². The highest BCUT2D eigenvalue weighted by molar-refractivity contribution is 5.86. The first-order valence-corrected chi connectivity index (χ1v) is 5.52. The zero-order valence-corrected chi connectivity index (χ0v) is 9.45. The van der Waals surface area contributed by atoms with Gasteiger partial charge in [0.1, 0.15) is 0 Å². The third-order valence-electron chi connectivity index (χ3n) is 2.81. The Morgan fingerprint density at radius 3 is 2.56 bits per heavy atom. The van der Waals surface area contributed by atoms with Crippen molar-refractivity contribution < 1.29 is 9.90 Å². The number of fused-ring (bicyclic) bond motifs is 1. The molecule has 0 amide bonds. The molecule has 0 spiro atoms. The van der Waals surface area contributed by atoms with E-state index in [9.17, 15) is 4.79 Å². The molecular formula is C14H10N2O2. The normalized spacial score (nSPS) is 10.7. The maximum atomic E-state index is 10.8. The summed E-state index contributed by atoms with van der Waals surface area (Å²) in [6, 6.07) is 15.4. The van der Waals surface area contributed by atoms with Gasteiger partial charge in [-0.1, -0.05) is 30.3 Å². The summed E-state index contributed by atoms with van der Waals surface area (Å²) in [7, 11) is 0. The minimum absolute atomic E-state index is 0.0446. The molecule has 0 radical (unpaired) electrons. The summed E-state index contributed by atoms with van der Waals surface area (Å²) in [6.45, 7) is 0. The zero-order valence-electron chi connectivity index (χ0n) is 9.45. The molecule has 3 rings (SSSR count). The molecule has 4 heteroatoms. The van der Waals surface area contributed by atoms with Crippen molar-refractivity contribution in [1.29, 1.82) is 0 Å². The number of aromatic nitrogens is 2. The van der Waals surface area contributed by atoms with Gasteiger partial charge in [0, 0.05) is 6.20 Å². The van der Waals surface area contributed by atoms with Crippen molar-refractivity contribution in [3.8, 4) is 5.69 Å². The lowest BCUT2D eigenvalue weighted by molar-refractivity contribution is 0.0690. The quantitative estimate of drug-likeness (QED) is 0.746. The van der Waals surface area contributed by atoms with E-state index in [2.05, 4.69) is 5.10 Å². The standard InChI is InChI=1S/C14H10N2O2/c17-14(18)13-7-8-16(15-13)12-6-5-10-3-1-2-4-11(10)9-12/h1-9H,(H,17,18). The first-order valence-electron chi connectivity index (χ1n) is 5.52. The molecule has 1 heterocycles. The van der Waals surface area contributed by atoms with E-state index >= 15 is 0 Å². The number of benzene rings is 2. The Kier molecular flexibility index (Phi) is 2.34. The van der Waals surface area contributed by atoms with E-state index in [0.29, 0.717) is 0 Å². The molecule has 1 N–H and O–H groups in total. The average Bonchev–Trinajstić information content (AvgIpc) is 2.88. The van der Waals surface area contributed by atoms with Gasteiger partial charge in [-0.25, -0.2) is 9.48 Å². The maximum Gasteiger partial charge on any atom is 0.356 e. The van der Waals surface area contributed by atoms with Crippen molar-refractivity contribution in [2.75, 3.05) is 0 Å². The molecule has 18 heavy (non-hydrogen) atoms. The molecule has 2 aromatic carbocycles. The van der Waals surface area contributed by atoms with Crippen molar-refractivity contribution in [3.05, 3.63) is 60.4 Å². The fraction of sp³-hybridized carbons (Fsp3) is 0. The lowest BCUT2D eigenvalue weighted by atomic mass is 10.1. The van der Waals surface area contributed by atoms with E-state index in [4.69, 9.17) is 5.11 Å². The van der Waals surface area contributed by atoms with E-state index < -0.39 is 5.97 Å². The average molecular weight is 238 g/mol. The first kappa shape index (κ1) is 10.5. The fourth-order valence-electron chi connectivity index (χ4n) is 1.90. The minimum atomic E-state index is -1.02. The van der Waals surface area contributed by atoms with Crippen molar-refractivity contribution in [3.63, 3.8) is 0 Å². The van der Waals surface area contributed by atoms with Gasteiger partial charge in [0.2, 0.25) is 0 Å².